The second-order valence-electron chi connectivity index (χ2n) is 6.73. The number of hydrogen-bond donors (Lipinski definition) is 3. The van der Waals surface area contributed by atoms with Gasteiger partial charge in [-0.25, -0.2) is 4.79 Å². The summed E-state index contributed by atoms with van der Waals surface area (Å²) in [5.74, 6) is 0.162. The molecule has 0 saturated heterocycles. The highest BCUT2D eigenvalue weighted by Gasteiger charge is 2.17. The second-order valence-corrected chi connectivity index (χ2v) is 7.71. The maximum Gasteiger partial charge on any atom is 0.321 e. The van der Waals surface area contributed by atoms with E-state index in [1.54, 1.807) is 11.3 Å². The Morgan fingerprint density at radius 2 is 1.85 bits per heavy atom. The van der Waals surface area contributed by atoms with Crippen LogP contribution >= 0.6 is 11.3 Å². The largest absolute Gasteiger partial charge is 0.338 e. The van der Waals surface area contributed by atoms with Gasteiger partial charge in [-0.05, 0) is 36.3 Å². The molecule has 1 aromatic carbocycles. The lowest BCUT2D eigenvalue weighted by molar-refractivity contribution is -0.119. The summed E-state index contributed by atoms with van der Waals surface area (Å²) >= 11 is 1.64. The zero-order valence-electron chi connectivity index (χ0n) is 15.5. The van der Waals surface area contributed by atoms with E-state index in [0.29, 0.717) is 12.5 Å². The molecule has 0 fully saturated rings. The first-order valence-electron chi connectivity index (χ1n) is 8.86. The average molecular weight is 374 g/mol. The van der Waals surface area contributed by atoms with Crippen LogP contribution in [0.2, 0.25) is 0 Å². The molecule has 140 valence electrons. The number of urea groups is 1. The minimum atomic E-state index is -0.444. The van der Waals surface area contributed by atoms with E-state index in [4.69, 9.17) is 0 Å². The number of imide groups is 1. The molecule has 0 aliphatic rings. The van der Waals surface area contributed by atoms with Crippen molar-refractivity contribution in [3.05, 3.63) is 57.8 Å². The number of thiophene rings is 1. The van der Waals surface area contributed by atoms with Crippen LogP contribution in [0.4, 0.5) is 4.79 Å². The molecule has 0 aliphatic heterocycles. The molecule has 0 aliphatic carbocycles. The van der Waals surface area contributed by atoms with Crippen molar-refractivity contribution in [3.8, 4) is 0 Å². The minimum Gasteiger partial charge on any atom is -0.338 e. The van der Waals surface area contributed by atoms with Gasteiger partial charge in [0.25, 0.3) is 0 Å². The van der Waals surface area contributed by atoms with E-state index in [1.165, 1.54) is 5.56 Å². The van der Waals surface area contributed by atoms with E-state index in [0.717, 1.165) is 16.9 Å². The van der Waals surface area contributed by atoms with Crippen LogP contribution in [0.25, 0.3) is 0 Å². The molecule has 5 nitrogen and oxygen atoms in total. The summed E-state index contributed by atoms with van der Waals surface area (Å²) in [6, 6.07) is 11.7. The Balaban J connectivity index is 1.90. The maximum absolute atomic E-state index is 12.1. The van der Waals surface area contributed by atoms with Crippen LogP contribution in [0.15, 0.2) is 41.8 Å². The lowest BCUT2D eigenvalue weighted by atomic mass is 10.0. The third-order valence-electron chi connectivity index (χ3n) is 3.97. The van der Waals surface area contributed by atoms with Crippen molar-refractivity contribution >= 4 is 23.3 Å². The average Bonchev–Trinajstić information content (AvgIpc) is 3.10. The van der Waals surface area contributed by atoms with Crippen molar-refractivity contribution < 1.29 is 9.59 Å². The van der Waals surface area contributed by atoms with Gasteiger partial charge in [-0.3, -0.25) is 15.4 Å². The highest BCUT2D eigenvalue weighted by molar-refractivity contribution is 7.10. The predicted octanol–water partition coefficient (Wildman–Crippen LogP) is 3.61. The lowest BCUT2D eigenvalue weighted by Crippen LogP contribution is -2.44. The molecule has 2 aromatic rings. The van der Waals surface area contributed by atoms with Gasteiger partial charge in [0.05, 0.1) is 12.6 Å². The van der Waals surface area contributed by atoms with Crippen molar-refractivity contribution in [1.29, 1.82) is 0 Å². The van der Waals surface area contributed by atoms with E-state index in [-0.39, 0.29) is 18.5 Å². The quantitative estimate of drug-likeness (QED) is 0.662. The first kappa shape index (κ1) is 20.1. The zero-order valence-corrected chi connectivity index (χ0v) is 16.4. The number of aryl methyl sites for hydroxylation is 1. The smallest absolute Gasteiger partial charge is 0.321 e. The van der Waals surface area contributed by atoms with Gasteiger partial charge < -0.3 is 5.32 Å². The Hall–Kier alpha value is -2.18. The first-order chi connectivity index (χ1) is 12.5. The van der Waals surface area contributed by atoms with Crippen LogP contribution < -0.4 is 16.0 Å². The molecule has 26 heavy (non-hydrogen) atoms. The monoisotopic (exact) mass is 373 g/mol. The van der Waals surface area contributed by atoms with Crippen molar-refractivity contribution in [2.24, 2.45) is 5.92 Å². The highest BCUT2D eigenvalue weighted by atomic mass is 32.1. The van der Waals surface area contributed by atoms with Crippen molar-refractivity contribution in [1.82, 2.24) is 16.0 Å². The maximum atomic E-state index is 12.1. The Labute approximate surface area is 159 Å². The molecule has 0 saturated carbocycles. The number of rotatable bonds is 8. The van der Waals surface area contributed by atoms with E-state index < -0.39 is 6.03 Å². The van der Waals surface area contributed by atoms with Crippen LogP contribution in [-0.4, -0.2) is 25.0 Å². The van der Waals surface area contributed by atoms with E-state index in [2.05, 4.69) is 54.1 Å². The molecule has 0 unspecified atom stereocenters. The van der Waals surface area contributed by atoms with E-state index in [1.807, 2.05) is 24.4 Å². The highest BCUT2D eigenvalue weighted by Crippen LogP contribution is 2.26. The third-order valence-corrected chi connectivity index (χ3v) is 4.90. The molecule has 3 N–H and O–H groups in total. The molecule has 0 radical (unpaired) electrons. The molecular formula is C20H27N3O2S. The summed E-state index contributed by atoms with van der Waals surface area (Å²) in [5, 5.41) is 10.3. The van der Waals surface area contributed by atoms with Crippen molar-refractivity contribution in [3.63, 3.8) is 0 Å². The topological polar surface area (TPSA) is 70.2 Å². The molecule has 2 rings (SSSR count). The first-order valence-corrected chi connectivity index (χ1v) is 9.74. The van der Waals surface area contributed by atoms with Gasteiger partial charge in [-0.2, -0.15) is 0 Å². The Bertz CT molecular complexity index is 696. The summed E-state index contributed by atoms with van der Waals surface area (Å²) in [4.78, 5) is 25.0. The van der Waals surface area contributed by atoms with Gasteiger partial charge in [-0.1, -0.05) is 49.7 Å². The van der Waals surface area contributed by atoms with Gasteiger partial charge >= 0.3 is 6.03 Å². The molecule has 1 heterocycles. The predicted molar refractivity (Wildman–Crippen MR) is 106 cm³/mol. The summed E-state index contributed by atoms with van der Waals surface area (Å²) in [6.45, 7) is 6.84. The van der Waals surface area contributed by atoms with E-state index in [9.17, 15) is 9.59 Å². The van der Waals surface area contributed by atoms with Crippen LogP contribution in [0, 0.1) is 12.8 Å². The zero-order chi connectivity index (χ0) is 18.9. The SMILES string of the molecule is Cc1ccc([C@@H](NCC(=O)NC(=O)NCCC(C)C)c2cccs2)cc1. The lowest BCUT2D eigenvalue weighted by Gasteiger charge is -2.18. The van der Waals surface area contributed by atoms with Gasteiger partial charge in [0.15, 0.2) is 0 Å². The fraction of sp³-hybridized carbons (Fsp3) is 0.400. The van der Waals surface area contributed by atoms with Gasteiger partial charge in [0.1, 0.15) is 0 Å². The van der Waals surface area contributed by atoms with Crippen molar-refractivity contribution in [2.75, 3.05) is 13.1 Å². The number of hydrogen-bond acceptors (Lipinski definition) is 4. The number of benzene rings is 1. The van der Waals surface area contributed by atoms with Crippen LogP contribution in [0.3, 0.4) is 0 Å². The molecule has 1 aromatic heterocycles. The fourth-order valence-corrected chi connectivity index (χ4v) is 3.31. The third kappa shape index (κ3) is 6.61. The van der Waals surface area contributed by atoms with E-state index >= 15 is 0 Å². The molecule has 3 amide bonds. The Morgan fingerprint density at radius 1 is 1.12 bits per heavy atom. The summed E-state index contributed by atoms with van der Waals surface area (Å²) in [6.07, 6.45) is 0.883. The fourth-order valence-electron chi connectivity index (χ4n) is 2.48. The Kier molecular flexibility index (Phi) is 7.81. The normalized spacial score (nSPS) is 12.0. The molecule has 0 bridgehead atoms. The standard InChI is InChI=1S/C20H27N3O2S/c1-14(2)10-11-21-20(25)23-18(24)13-22-19(17-5-4-12-26-17)16-8-6-15(3)7-9-16/h4-9,12,14,19,22H,10-11,13H2,1-3H3,(H2,21,23,24,25)/t19-/m1/s1. The second kappa shape index (κ2) is 10.1. The van der Waals surface area contributed by atoms with Crippen molar-refractivity contribution in [2.45, 2.75) is 33.2 Å². The van der Waals surface area contributed by atoms with Crippen LogP contribution in [-0.2, 0) is 4.79 Å². The Morgan fingerprint density at radius 3 is 2.46 bits per heavy atom. The van der Waals surface area contributed by atoms with Crippen LogP contribution in [0.1, 0.15) is 42.3 Å². The number of amides is 3. The summed E-state index contributed by atoms with van der Waals surface area (Å²) in [5.41, 5.74) is 2.28. The van der Waals surface area contributed by atoms with Gasteiger partial charge in [-0.15, -0.1) is 11.3 Å². The molecule has 1 atom stereocenters. The number of nitrogens with one attached hydrogen (secondary N) is 3. The van der Waals surface area contributed by atoms with Gasteiger partial charge in [0.2, 0.25) is 5.91 Å². The molecule has 6 heteroatoms. The summed E-state index contributed by atoms with van der Waals surface area (Å²) < 4.78 is 0. The molecular weight excluding hydrogens is 346 g/mol. The van der Waals surface area contributed by atoms with Crippen LogP contribution in [0.5, 0.6) is 0 Å². The summed E-state index contributed by atoms with van der Waals surface area (Å²) in [7, 11) is 0. The number of carbonyl (C=O) groups is 2. The minimum absolute atomic E-state index is 0.0635. The van der Waals surface area contributed by atoms with Gasteiger partial charge in [0, 0.05) is 11.4 Å². The number of carbonyl (C=O) groups excluding carboxylic acids is 2. The molecule has 0 spiro atoms.